The van der Waals surface area contributed by atoms with Crippen molar-refractivity contribution in [2.24, 2.45) is 11.7 Å². The molecule has 80 valence electrons. The molecule has 1 aromatic heterocycles. The second kappa shape index (κ2) is 5.95. The first-order valence-corrected chi connectivity index (χ1v) is 4.72. The normalized spacial score (nSPS) is 9.27. The van der Waals surface area contributed by atoms with E-state index in [4.69, 9.17) is 0 Å². The summed E-state index contributed by atoms with van der Waals surface area (Å²) in [4.78, 5) is 7.37. The number of rotatable bonds is 2. The van der Waals surface area contributed by atoms with Crippen LogP contribution in [-0.2, 0) is 6.42 Å². The zero-order valence-corrected chi connectivity index (χ0v) is 8.77. The van der Waals surface area contributed by atoms with E-state index in [0.29, 0.717) is 0 Å². The lowest BCUT2D eigenvalue weighted by atomic mass is 10.1. The van der Waals surface area contributed by atoms with Gasteiger partial charge in [0.1, 0.15) is 5.82 Å². The lowest BCUT2D eigenvalue weighted by molar-refractivity contribution is 1.07. The average Bonchev–Trinajstić information content (AvgIpc) is 2.68. The van der Waals surface area contributed by atoms with Crippen LogP contribution in [0.4, 0.5) is 0 Å². The van der Waals surface area contributed by atoms with Crippen LogP contribution in [0.25, 0.3) is 0 Å². The Kier molecular flexibility index (Phi) is 4.53. The van der Waals surface area contributed by atoms with Crippen molar-refractivity contribution in [1.29, 1.82) is 0 Å². The fraction of sp³-hybridized carbons (Fsp3) is 0.182. The molecular weight excluding hydrogens is 188 g/mol. The molecule has 0 radical (unpaired) electrons. The highest BCUT2D eigenvalue weighted by atomic mass is 15.0. The highest BCUT2D eigenvalue weighted by Crippen LogP contribution is 2.06. The SMILES string of the molecule is Cc1ncc(Cc2ccccc2)[nH]1.NN. The third-order valence-electron chi connectivity index (χ3n) is 1.99. The number of aryl methyl sites for hydroxylation is 1. The van der Waals surface area contributed by atoms with Crippen molar-refractivity contribution >= 4 is 0 Å². The lowest BCUT2D eigenvalue weighted by Gasteiger charge is -1.96. The molecule has 0 aliphatic carbocycles. The van der Waals surface area contributed by atoms with Gasteiger partial charge in [-0.05, 0) is 12.5 Å². The Hall–Kier alpha value is -1.65. The van der Waals surface area contributed by atoms with Crippen molar-refractivity contribution < 1.29 is 0 Å². The molecule has 1 aromatic carbocycles. The Morgan fingerprint density at radius 1 is 1.20 bits per heavy atom. The van der Waals surface area contributed by atoms with Crippen molar-refractivity contribution in [2.75, 3.05) is 0 Å². The number of aromatic nitrogens is 2. The van der Waals surface area contributed by atoms with Crippen molar-refractivity contribution in [1.82, 2.24) is 9.97 Å². The van der Waals surface area contributed by atoms with Gasteiger partial charge in [0, 0.05) is 18.3 Å². The van der Waals surface area contributed by atoms with Crippen LogP contribution in [0, 0.1) is 6.92 Å². The van der Waals surface area contributed by atoms with E-state index in [0.717, 1.165) is 12.2 Å². The topological polar surface area (TPSA) is 80.7 Å². The van der Waals surface area contributed by atoms with E-state index in [9.17, 15) is 0 Å². The molecule has 0 atom stereocenters. The molecule has 1 heterocycles. The first-order valence-electron chi connectivity index (χ1n) is 4.72. The largest absolute Gasteiger partial charge is 0.346 e. The number of hydrazine groups is 1. The summed E-state index contributed by atoms with van der Waals surface area (Å²) in [5.41, 5.74) is 2.48. The zero-order valence-electron chi connectivity index (χ0n) is 8.77. The maximum Gasteiger partial charge on any atom is 0.103 e. The van der Waals surface area contributed by atoms with Gasteiger partial charge in [-0.15, -0.1) is 0 Å². The van der Waals surface area contributed by atoms with Gasteiger partial charge < -0.3 is 4.98 Å². The molecule has 0 saturated carbocycles. The number of hydrogen-bond acceptors (Lipinski definition) is 3. The van der Waals surface area contributed by atoms with E-state index in [1.807, 2.05) is 19.2 Å². The molecule has 0 unspecified atom stereocenters. The second-order valence-electron chi connectivity index (χ2n) is 3.16. The fourth-order valence-electron chi connectivity index (χ4n) is 1.38. The number of hydrogen-bond donors (Lipinski definition) is 3. The summed E-state index contributed by atoms with van der Waals surface area (Å²) in [6.07, 6.45) is 2.82. The molecule has 0 spiro atoms. The van der Waals surface area contributed by atoms with Gasteiger partial charge >= 0.3 is 0 Å². The van der Waals surface area contributed by atoms with Crippen LogP contribution in [0.2, 0.25) is 0 Å². The molecule has 0 saturated heterocycles. The minimum atomic E-state index is 0.932. The summed E-state index contributed by atoms with van der Waals surface area (Å²) in [6, 6.07) is 10.4. The third-order valence-corrected chi connectivity index (χ3v) is 1.99. The van der Waals surface area contributed by atoms with E-state index in [1.54, 1.807) is 0 Å². The van der Waals surface area contributed by atoms with Crippen LogP contribution >= 0.6 is 0 Å². The van der Waals surface area contributed by atoms with Crippen LogP contribution in [-0.4, -0.2) is 9.97 Å². The van der Waals surface area contributed by atoms with Crippen molar-refractivity contribution in [3.8, 4) is 0 Å². The smallest absolute Gasteiger partial charge is 0.103 e. The van der Waals surface area contributed by atoms with Gasteiger partial charge in [-0.1, -0.05) is 30.3 Å². The maximum absolute atomic E-state index is 4.16. The summed E-state index contributed by atoms with van der Waals surface area (Å²) < 4.78 is 0. The maximum atomic E-state index is 4.16. The number of nitrogens with two attached hydrogens (primary N) is 2. The Bertz CT molecular complexity index is 380. The summed E-state index contributed by atoms with van der Waals surface area (Å²) in [5, 5.41) is 0. The van der Waals surface area contributed by atoms with Crippen molar-refractivity contribution in [3.63, 3.8) is 0 Å². The molecule has 0 aliphatic heterocycles. The van der Waals surface area contributed by atoms with Crippen LogP contribution in [0.15, 0.2) is 36.5 Å². The fourth-order valence-corrected chi connectivity index (χ4v) is 1.38. The first-order chi connectivity index (χ1) is 7.34. The molecule has 2 aromatic rings. The Balaban J connectivity index is 0.000000531. The number of nitrogens with one attached hydrogen (secondary N) is 1. The number of nitrogens with zero attached hydrogens (tertiary/aromatic N) is 1. The van der Waals surface area contributed by atoms with Gasteiger partial charge in [0.25, 0.3) is 0 Å². The number of imidazole rings is 1. The monoisotopic (exact) mass is 204 g/mol. The Morgan fingerprint density at radius 3 is 2.40 bits per heavy atom. The predicted octanol–water partition coefficient (Wildman–Crippen LogP) is 1.13. The molecule has 4 heteroatoms. The van der Waals surface area contributed by atoms with Crippen LogP contribution in [0.5, 0.6) is 0 Å². The number of benzene rings is 1. The lowest BCUT2D eigenvalue weighted by Crippen LogP contribution is -2.02. The molecule has 0 aliphatic rings. The van der Waals surface area contributed by atoms with E-state index in [-0.39, 0.29) is 0 Å². The van der Waals surface area contributed by atoms with Gasteiger partial charge in [0.2, 0.25) is 0 Å². The average molecular weight is 204 g/mol. The molecular formula is C11H16N4. The van der Waals surface area contributed by atoms with E-state index in [1.165, 1.54) is 11.3 Å². The van der Waals surface area contributed by atoms with Crippen molar-refractivity contribution in [3.05, 3.63) is 53.6 Å². The van der Waals surface area contributed by atoms with Gasteiger partial charge in [0.05, 0.1) is 0 Å². The zero-order chi connectivity index (χ0) is 11.1. The van der Waals surface area contributed by atoms with E-state index < -0.39 is 0 Å². The van der Waals surface area contributed by atoms with Crippen LogP contribution in [0.3, 0.4) is 0 Å². The minimum absolute atomic E-state index is 0.932. The van der Waals surface area contributed by atoms with E-state index in [2.05, 4.69) is 45.9 Å². The molecule has 4 nitrogen and oxygen atoms in total. The van der Waals surface area contributed by atoms with Gasteiger partial charge in [0.15, 0.2) is 0 Å². The highest BCUT2D eigenvalue weighted by molar-refractivity contribution is 5.20. The minimum Gasteiger partial charge on any atom is -0.346 e. The predicted molar refractivity (Wildman–Crippen MR) is 60.9 cm³/mol. The van der Waals surface area contributed by atoms with Crippen LogP contribution in [0.1, 0.15) is 17.1 Å². The summed E-state index contributed by atoms with van der Waals surface area (Å²) in [6.45, 7) is 1.97. The molecule has 0 bridgehead atoms. The Labute approximate surface area is 89.3 Å². The molecule has 2 rings (SSSR count). The number of H-pyrrole nitrogens is 1. The second-order valence-corrected chi connectivity index (χ2v) is 3.16. The van der Waals surface area contributed by atoms with Gasteiger partial charge in [-0.25, -0.2) is 4.98 Å². The summed E-state index contributed by atoms with van der Waals surface area (Å²) >= 11 is 0. The standard InChI is InChI=1S/C11H12N2.H4N2/c1-9-12-8-11(13-9)7-10-5-3-2-4-6-10;1-2/h2-6,8H,7H2,1H3,(H,12,13);1-2H2. The van der Waals surface area contributed by atoms with E-state index >= 15 is 0 Å². The quantitative estimate of drug-likeness (QED) is 0.506. The summed E-state index contributed by atoms with van der Waals surface area (Å²) in [7, 11) is 0. The first kappa shape index (κ1) is 11.4. The van der Waals surface area contributed by atoms with Crippen molar-refractivity contribution in [2.45, 2.75) is 13.3 Å². The van der Waals surface area contributed by atoms with Crippen LogP contribution < -0.4 is 11.7 Å². The summed E-state index contributed by atoms with van der Waals surface area (Å²) in [5.74, 6) is 8.98. The Morgan fingerprint density at radius 2 is 1.87 bits per heavy atom. The molecule has 0 fully saturated rings. The highest BCUT2D eigenvalue weighted by Gasteiger charge is 1.97. The molecule has 0 amide bonds. The molecule has 5 N–H and O–H groups in total. The van der Waals surface area contributed by atoms with Gasteiger partial charge in [-0.2, -0.15) is 0 Å². The third kappa shape index (κ3) is 3.53. The molecule has 15 heavy (non-hydrogen) atoms. The number of aromatic amines is 1. The van der Waals surface area contributed by atoms with Gasteiger partial charge in [-0.3, -0.25) is 11.7 Å².